The van der Waals surface area contributed by atoms with Crippen molar-refractivity contribution in [2.24, 2.45) is 0 Å². The monoisotopic (exact) mass is 551 g/mol. The van der Waals surface area contributed by atoms with E-state index < -0.39 is 48.4 Å². The van der Waals surface area contributed by atoms with Crippen LogP contribution in [0, 0.1) is 0 Å². The molecule has 0 saturated carbocycles. The van der Waals surface area contributed by atoms with Crippen LogP contribution in [-0.2, 0) is 0 Å². The predicted octanol–water partition coefficient (Wildman–Crippen LogP) is 4.88. The van der Waals surface area contributed by atoms with Crippen molar-refractivity contribution >= 4 is 29.0 Å². The number of thiazole rings is 1. The molecule has 206 valence electrons. The van der Waals surface area contributed by atoms with Crippen molar-refractivity contribution in [3.05, 3.63) is 28.5 Å². The number of pyridine rings is 1. The molecule has 14 heteroatoms. The Bertz CT molecular complexity index is 1080. The second-order valence-electron chi connectivity index (χ2n) is 8.17. The molecule has 37 heavy (non-hydrogen) atoms. The molecule has 1 aliphatic heterocycles. The SMILES string of the molecule is CC.CC(CO)NC(=O)c1nc(C(=O)N2CCCC2C)c(-c2cnc(NCC(F)(F)F)cc2C(F)F)s1. The molecule has 1 saturated heterocycles. The van der Waals surface area contributed by atoms with Gasteiger partial charge in [0.2, 0.25) is 0 Å². The van der Waals surface area contributed by atoms with Gasteiger partial charge in [0.1, 0.15) is 18.1 Å². The Morgan fingerprint density at radius 3 is 2.51 bits per heavy atom. The summed E-state index contributed by atoms with van der Waals surface area (Å²) in [5.41, 5.74) is -1.09. The number of aliphatic hydroxyl groups excluding tert-OH is 1. The smallest absolute Gasteiger partial charge is 0.394 e. The molecular weight excluding hydrogens is 521 g/mol. The van der Waals surface area contributed by atoms with Gasteiger partial charge < -0.3 is 20.6 Å². The molecule has 0 spiro atoms. The van der Waals surface area contributed by atoms with E-state index in [1.54, 1.807) is 0 Å². The Morgan fingerprint density at radius 1 is 1.30 bits per heavy atom. The average Bonchev–Trinajstić information content (AvgIpc) is 3.49. The molecule has 1 fully saturated rings. The predicted molar refractivity (Wildman–Crippen MR) is 130 cm³/mol. The number of carbonyl (C=O) groups is 2. The maximum Gasteiger partial charge on any atom is 0.405 e. The first-order valence-corrected chi connectivity index (χ1v) is 12.6. The van der Waals surface area contributed by atoms with Crippen LogP contribution in [0.2, 0.25) is 0 Å². The summed E-state index contributed by atoms with van der Waals surface area (Å²) in [6, 6.07) is 0.0430. The van der Waals surface area contributed by atoms with Gasteiger partial charge >= 0.3 is 6.18 Å². The molecule has 2 aromatic rings. The molecule has 8 nitrogen and oxygen atoms in total. The summed E-state index contributed by atoms with van der Waals surface area (Å²) in [5.74, 6) is -1.67. The lowest BCUT2D eigenvalue weighted by molar-refractivity contribution is -0.115. The molecule has 3 rings (SSSR count). The van der Waals surface area contributed by atoms with Crippen LogP contribution in [0.25, 0.3) is 10.4 Å². The van der Waals surface area contributed by atoms with Gasteiger partial charge in [0, 0.05) is 36.0 Å². The standard InChI is InChI=1S/C21H24F5N5O3S.C2H6/c1-10(8-32)29-18(33)19-30-15(20(34)31-5-3-4-11(31)2)16(35-19)13-7-27-14(6-12(13)17(22)23)28-9-21(24,25)26;1-2/h6-7,10-11,17,32H,3-5,8-9H2,1-2H3,(H,27,28)(H,29,33);1-2H3. The molecule has 2 amide bonds. The fourth-order valence-electron chi connectivity index (χ4n) is 3.58. The lowest BCUT2D eigenvalue weighted by Gasteiger charge is -2.21. The minimum Gasteiger partial charge on any atom is -0.394 e. The van der Waals surface area contributed by atoms with E-state index in [0.29, 0.717) is 17.9 Å². The Balaban J connectivity index is 0.00000235. The van der Waals surface area contributed by atoms with E-state index in [1.807, 2.05) is 26.1 Å². The fourth-order valence-corrected chi connectivity index (χ4v) is 4.57. The molecule has 0 aliphatic carbocycles. The van der Waals surface area contributed by atoms with Gasteiger partial charge in [-0.3, -0.25) is 9.59 Å². The summed E-state index contributed by atoms with van der Waals surface area (Å²) in [7, 11) is 0. The van der Waals surface area contributed by atoms with Crippen LogP contribution < -0.4 is 10.6 Å². The van der Waals surface area contributed by atoms with Crippen LogP contribution in [0.4, 0.5) is 27.8 Å². The van der Waals surface area contributed by atoms with Crippen molar-refractivity contribution in [1.29, 1.82) is 0 Å². The molecular formula is C23H30F5N5O3S. The zero-order valence-corrected chi connectivity index (χ0v) is 21.6. The van der Waals surface area contributed by atoms with E-state index in [2.05, 4.69) is 15.3 Å². The zero-order valence-electron chi connectivity index (χ0n) is 20.8. The lowest BCUT2D eigenvalue weighted by Crippen LogP contribution is -2.35. The second kappa shape index (κ2) is 13.1. The number of carbonyl (C=O) groups excluding carboxylic acids is 2. The van der Waals surface area contributed by atoms with Gasteiger partial charge in [-0.1, -0.05) is 13.8 Å². The number of halogens is 5. The third-order valence-electron chi connectivity index (χ3n) is 5.37. The first-order chi connectivity index (χ1) is 17.4. The van der Waals surface area contributed by atoms with Crippen LogP contribution in [0.3, 0.4) is 0 Å². The van der Waals surface area contributed by atoms with Crippen LogP contribution in [0.5, 0.6) is 0 Å². The summed E-state index contributed by atoms with van der Waals surface area (Å²) in [5, 5.41) is 13.4. The van der Waals surface area contributed by atoms with Gasteiger partial charge in [0.05, 0.1) is 11.5 Å². The minimum absolute atomic E-state index is 0.0407. The Hall–Kier alpha value is -2.87. The molecule has 2 atom stereocenters. The number of aliphatic hydroxyl groups is 1. The van der Waals surface area contributed by atoms with Gasteiger partial charge in [-0.25, -0.2) is 18.7 Å². The summed E-state index contributed by atoms with van der Waals surface area (Å²) in [6.45, 7) is 5.98. The number of alkyl halides is 5. The van der Waals surface area contributed by atoms with E-state index in [4.69, 9.17) is 0 Å². The molecule has 3 N–H and O–H groups in total. The molecule has 3 heterocycles. The Labute approximate surface area is 215 Å². The van der Waals surface area contributed by atoms with E-state index in [0.717, 1.165) is 25.1 Å². The van der Waals surface area contributed by atoms with Crippen molar-refractivity contribution in [1.82, 2.24) is 20.2 Å². The molecule has 0 radical (unpaired) electrons. The van der Waals surface area contributed by atoms with E-state index in [-0.39, 0.29) is 33.8 Å². The van der Waals surface area contributed by atoms with Gasteiger partial charge in [-0.15, -0.1) is 11.3 Å². The molecule has 1 aliphatic rings. The molecule has 2 unspecified atom stereocenters. The number of nitrogens with zero attached hydrogens (tertiary/aromatic N) is 3. The number of hydrogen-bond acceptors (Lipinski definition) is 7. The molecule has 0 aromatic carbocycles. The first-order valence-electron chi connectivity index (χ1n) is 11.7. The summed E-state index contributed by atoms with van der Waals surface area (Å²) in [6.07, 6.45) is -5.26. The number of rotatable bonds is 8. The molecule has 2 aromatic heterocycles. The van der Waals surface area contributed by atoms with E-state index >= 15 is 0 Å². The lowest BCUT2D eigenvalue weighted by atomic mass is 10.1. The summed E-state index contributed by atoms with van der Waals surface area (Å²) < 4.78 is 65.5. The third kappa shape index (κ3) is 7.81. The Morgan fingerprint density at radius 2 is 1.97 bits per heavy atom. The van der Waals surface area contributed by atoms with Crippen molar-refractivity contribution < 1.29 is 36.6 Å². The van der Waals surface area contributed by atoms with Crippen LogP contribution in [-0.4, -0.2) is 69.7 Å². The van der Waals surface area contributed by atoms with Crippen LogP contribution >= 0.6 is 11.3 Å². The highest BCUT2D eigenvalue weighted by Gasteiger charge is 2.33. The van der Waals surface area contributed by atoms with Crippen LogP contribution in [0.1, 0.15) is 72.8 Å². The van der Waals surface area contributed by atoms with E-state index in [1.165, 1.54) is 11.8 Å². The van der Waals surface area contributed by atoms with E-state index in [9.17, 15) is 36.6 Å². The molecule has 0 bridgehead atoms. The third-order valence-corrected chi connectivity index (χ3v) is 6.46. The summed E-state index contributed by atoms with van der Waals surface area (Å²) in [4.78, 5) is 35.3. The van der Waals surface area contributed by atoms with Crippen LogP contribution in [0.15, 0.2) is 12.3 Å². The van der Waals surface area contributed by atoms with Crippen molar-refractivity contribution in [3.63, 3.8) is 0 Å². The van der Waals surface area contributed by atoms with Crippen molar-refractivity contribution in [2.75, 3.05) is 25.0 Å². The minimum atomic E-state index is -4.58. The number of nitrogens with one attached hydrogen (secondary N) is 2. The van der Waals surface area contributed by atoms with Gasteiger partial charge in [0.25, 0.3) is 18.2 Å². The highest BCUT2D eigenvalue weighted by Crippen LogP contribution is 2.39. The fraction of sp³-hybridized carbons (Fsp3) is 0.565. The number of amides is 2. The van der Waals surface area contributed by atoms with Gasteiger partial charge in [0.15, 0.2) is 5.01 Å². The Kier molecular flexibility index (Phi) is 10.7. The highest BCUT2D eigenvalue weighted by molar-refractivity contribution is 7.17. The number of aromatic nitrogens is 2. The maximum atomic E-state index is 14.0. The van der Waals surface area contributed by atoms with Gasteiger partial charge in [-0.05, 0) is 32.8 Å². The summed E-state index contributed by atoms with van der Waals surface area (Å²) >= 11 is 0.691. The highest BCUT2D eigenvalue weighted by atomic mass is 32.1. The number of hydrogen-bond donors (Lipinski definition) is 3. The largest absolute Gasteiger partial charge is 0.405 e. The number of anilines is 1. The van der Waals surface area contributed by atoms with Gasteiger partial charge in [-0.2, -0.15) is 13.2 Å². The van der Waals surface area contributed by atoms with Crippen molar-refractivity contribution in [2.45, 2.75) is 65.2 Å². The first kappa shape index (κ1) is 30.4. The zero-order chi connectivity index (χ0) is 27.9. The number of likely N-dealkylation sites (tertiary alicyclic amines) is 1. The maximum absolute atomic E-state index is 14.0. The van der Waals surface area contributed by atoms with Crippen molar-refractivity contribution in [3.8, 4) is 10.4 Å². The topological polar surface area (TPSA) is 107 Å². The second-order valence-corrected chi connectivity index (χ2v) is 9.17. The normalized spacial score (nSPS) is 16.3. The quantitative estimate of drug-likeness (QED) is 0.404. The average molecular weight is 552 g/mol.